The van der Waals surface area contributed by atoms with Gasteiger partial charge in [0.2, 0.25) is 0 Å². The molecular weight excluding hydrogens is 373 g/mol. The fourth-order valence-electron chi connectivity index (χ4n) is 2.66. The van der Waals surface area contributed by atoms with Gasteiger partial charge < -0.3 is 4.74 Å². The summed E-state index contributed by atoms with van der Waals surface area (Å²) in [5.41, 5.74) is 1.24. The van der Waals surface area contributed by atoms with Gasteiger partial charge in [0.25, 0.3) is 5.91 Å². The fourth-order valence-corrected chi connectivity index (χ4v) is 3.17. The zero-order valence-electron chi connectivity index (χ0n) is 14.5. The number of carbonyl (C=O) groups excluding carboxylic acids is 2. The predicted molar refractivity (Wildman–Crippen MR) is 104 cm³/mol. The maximum absolute atomic E-state index is 13.0. The zero-order valence-corrected chi connectivity index (χ0v) is 16.1. The molecule has 0 aliphatic carbocycles. The van der Waals surface area contributed by atoms with Crippen LogP contribution in [0.1, 0.15) is 31.9 Å². The molecule has 4 nitrogen and oxygen atoms in total. The van der Waals surface area contributed by atoms with Crippen molar-refractivity contribution in [2.24, 2.45) is 0 Å². The highest BCUT2D eigenvalue weighted by Gasteiger charge is 2.39. The Bertz CT molecular complexity index is 909. The first kappa shape index (κ1) is 18.5. The molecule has 0 aromatic heterocycles. The number of hydrogen-bond donors (Lipinski definition) is 0. The molecule has 1 aliphatic rings. The third-order valence-corrected chi connectivity index (χ3v) is 4.39. The number of ether oxygens (including phenoxy) is 1. The number of para-hydroxylation sites is 1. The van der Waals surface area contributed by atoms with Crippen LogP contribution in [0.4, 0.5) is 10.5 Å². The molecule has 6 heteroatoms. The van der Waals surface area contributed by atoms with Gasteiger partial charge in [-0.05, 0) is 45.0 Å². The first-order valence-electron chi connectivity index (χ1n) is 8.01. The van der Waals surface area contributed by atoms with Crippen molar-refractivity contribution in [2.45, 2.75) is 26.4 Å². The molecule has 2 aromatic rings. The number of nitrogens with zero attached hydrogens (tertiary/aromatic N) is 1. The van der Waals surface area contributed by atoms with Gasteiger partial charge in [0, 0.05) is 21.2 Å². The lowest BCUT2D eigenvalue weighted by molar-refractivity contribution is -0.112. The maximum atomic E-state index is 13.0. The minimum absolute atomic E-state index is 0.335. The van der Waals surface area contributed by atoms with Crippen LogP contribution < -0.4 is 4.90 Å². The van der Waals surface area contributed by atoms with Gasteiger partial charge in [-0.3, -0.25) is 4.79 Å². The molecule has 1 heterocycles. The van der Waals surface area contributed by atoms with E-state index < -0.39 is 17.6 Å². The van der Waals surface area contributed by atoms with Crippen LogP contribution in [0.5, 0.6) is 0 Å². The van der Waals surface area contributed by atoms with Gasteiger partial charge in [0.15, 0.2) is 0 Å². The van der Waals surface area contributed by atoms with E-state index in [0.717, 1.165) is 4.90 Å². The normalized spacial score (nSPS) is 15.3. The average Bonchev–Trinajstić information content (AvgIpc) is 2.81. The van der Waals surface area contributed by atoms with Gasteiger partial charge in [-0.1, -0.05) is 47.5 Å². The van der Waals surface area contributed by atoms with E-state index in [9.17, 15) is 9.59 Å². The summed E-state index contributed by atoms with van der Waals surface area (Å²) >= 11 is 12.4. The molecule has 0 bridgehead atoms. The minimum atomic E-state index is -0.719. The summed E-state index contributed by atoms with van der Waals surface area (Å²) in [6.45, 7) is 5.24. The van der Waals surface area contributed by atoms with Crippen molar-refractivity contribution < 1.29 is 14.3 Å². The Kier molecular flexibility index (Phi) is 4.82. The van der Waals surface area contributed by atoms with Gasteiger partial charge in [-0.25, -0.2) is 9.69 Å². The largest absolute Gasteiger partial charge is 0.443 e. The van der Waals surface area contributed by atoms with Crippen LogP contribution >= 0.6 is 23.2 Å². The first-order chi connectivity index (χ1) is 12.2. The molecule has 0 fully saturated rings. The minimum Gasteiger partial charge on any atom is -0.443 e. The summed E-state index contributed by atoms with van der Waals surface area (Å²) in [6, 6.07) is 12.1. The monoisotopic (exact) mass is 389 g/mol. The van der Waals surface area contributed by atoms with Crippen molar-refractivity contribution in [1.82, 2.24) is 0 Å². The van der Waals surface area contributed by atoms with Crippen molar-refractivity contribution in [1.29, 1.82) is 0 Å². The van der Waals surface area contributed by atoms with E-state index in [2.05, 4.69) is 0 Å². The van der Waals surface area contributed by atoms with Crippen LogP contribution in [0.3, 0.4) is 0 Å². The molecule has 134 valence electrons. The van der Waals surface area contributed by atoms with Gasteiger partial charge >= 0.3 is 6.09 Å². The number of halogens is 2. The Balaban J connectivity index is 2.11. The summed E-state index contributed by atoms with van der Waals surface area (Å²) in [6.07, 6.45) is 0.888. The summed E-state index contributed by atoms with van der Waals surface area (Å²) in [5.74, 6) is -0.476. The fraction of sp³-hybridized carbons (Fsp3) is 0.200. The van der Waals surface area contributed by atoms with Crippen LogP contribution in [-0.4, -0.2) is 17.6 Å². The predicted octanol–water partition coefficient (Wildman–Crippen LogP) is 5.82. The smallest absolute Gasteiger partial charge is 0.422 e. The van der Waals surface area contributed by atoms with E-state index >= 15 is 0 Å². The van der Waals surface area contributed by atoms with Crippen molar-refractivity contribution in [3.05, 3.63) is 63.6 Å². The molecule has 2 amide bonds. The molecule has 0 saturated heterocycles. The van der Waals surface area contributed by atoms with Gasteiger partial charge in [-0.15, -0.1) is 0 Å². The zero-order chi connectivity index (χ0) is 19.1. The molecule has 0 atom stereocenters. The molecule has 26 heavy (non-hydrogen) atoms. The molecule has 0 saturated carbocycles. The first-order valence-corrected chi connectivity index (χ1v) is 8.77. The molecule has 1 aliphatic heterocycles. The Morgan fingerprint density at radius 2 is 1.65 bits per heavy atom. The van der Waals surface area contributed by atoms with Crippen LogP contribution in [0, 0.1) is 0 Å². The average molecular weight is 390 g/mol. The van der Waals surface area contributed by atoms with E-state index in [1.165, 1.54) is 0 Å². The standard InChI is InChI=1S/C20H17Cl2NO3/c1-20(2,3)26-19(25)23-17-10-5-4-7-12(17)13(18(23)24)11-14-15(21)8-6-9-16(14)22/h4-11H,1-3H3/b13-11+. The second-order valence-electron chi connectivity index (χ2n) is 6.83. The number of anilines is 1. The summed E-state index contributed by atoms with van der Waals surface area (Å²) in [5, 5.41) is 0.844. The maximum Gasteiger partial charge on any atom is 0.422 e. The third kappa shape index (κ3) is 3.48. The van der Waals surface area contributed by atoms with Crippen molar-refractivity contribution in [3.8, 4) is 0 Å². The van der Waals surface area contributed by atoms with Crippen molar-refractivity contribution in [3.63, 3.8) is 0 Å². The number of imide groups is 1. The lowest BCUT2D eigenvalue weighted by Crippen LogP contribution is -2.38. The van der Waals surface area contributed by atoms with Crippen LogP contribution in [-0.2, 0) is 9.53 Å². The summed E-state index contributed by atoms with van der Waals surface area (Å²) < 4.78 is 5.38. The van der Waals surface area contributed by atoms with E-state index in [4.69, 9.17) is 27.9 Å². The number of amides is 2. The third-order valence-electron chi connectivity index (χ3n) is 3.73. The lowest BCUT2D eigenvalue weighted by Gasteiger charge is -2.23. The van der Waals surface area contributed by atoms with Crippen LogP contribution in [0.15, 0.2) is 42.5 Å². The van der Waals surface area contributed by atoms with Gasteiger partial charge in [0.1, 0.15) is 5.60 Å². The quantitative estimate of drug-likeness (QED) is 0.577. The highest BCUT2D eigenvalue weighted by molar-refractivity contribution is 6.43. The van der Waals surface area contributed by atoms with E-state index in [1.807, 2.05) is 0 Å². The van der Waals surface area contributed by atoms with Crippen molar-refractivity contribution in [2.75, 3.05) is 4.90 Å². The van der Waals surface area contributed by atoms with E-state index in [0.29, 0.717) is 32.4 Å². The molecular formula is C20H17Cl2NO3. The van der Waals surface area contributed by atoms with Crippen LogP contribution in [0.2, 0.25) is 10.0 Å². The van der Waals surface area contributed by atoms with Gasteiger partial charge in [0.05, 0.1) is 11.3 Å². The Morgan fingerprint density at radius 1 is 1.04 bits per heavy atom. The SMILES string of the molecule is CC(C)(C)OC(=O)N1C(=O)/C(=C/c2c(Cl)cccc2Cl)c2ccccc21. The molecule has 0 unspecified atom stereocenters. The topological polar surface area (TPSA) is 46.6 Å². The van der Waals surface area contributed by atoms with Gasteiger partial charge in [-0.2, -0.15) is 0 Å². The summed E-state index contributed by atoms with van der Waals surface area (Å²) in [4.78, 5) is 26.6. The number of fused-ring (bicyclic) bond motifs is 1. The molecule has 0 radical (unpaired) electrons. The summed E-state index contributed by atoms with van der Waals surface area (Å²) in [7, 11) is 0. The van der Waals surface area contributed by atoms with Crippen molar-refractivity contribution >= 4 is 52.5 Å². The highest BCUT2D eigenvalue weighted by atomic mass is 35.5. The number of hydrogen-bond acceptors (Lipinski definition) is 3. The number of rotatable bonds is 1. The molecule has 2 aromatic carbocycles. The Morgan fingerprint density at radius 3 is 2.27 bits per heavy atom. The second-order valence-corrected chi connectivity index (χ2v) is 7.65. The molecule has 0 spiro atoms. The highest BCUT2D eigenvalue weighted by Crippen LogP contribution is 2.40. The molecule has 0 N–H and O–H groups in total. The Hall–Kier alpha value is -2.30. The Labute approximate surface area is 162 Å². The number of carbonyl (C=O) groups is 2. The lowest BCUT2D eigenvalue weighted by atomic mass is 10.0. The second kappa shape index (κ2) is 6.78. The van der Waals surface area contributed by atoms with E-state index in [1.54, 1.807) is 69.3 Å². The van der Waals surface area contributed by atoms with E-state index in [-0.39, 0.29) is 0 Å². The van der Waals surface area contributed by atoms with Crippen LogP contribution in [0.25, 0.3) is 11.6 Å². The number of benzene rings is 2. The molecule has 3 rings (SSSR count).